The Morgan fingerprint density at radius 1 is 1.36 bits per heavy atom. The molecular weight excluding hydrogens is 156 g/mol. The van der Waals surface area contributed by atoms with Crippen molar-refractivity contribution in [1.82, 2.24) is 0 Å². The number of allylic oxidation sites excluding steroid dienone is 1. The molecule has 0 N–H and O–H groups in total. The predicted octanol–water partition coefficient (Wildman–Crippen LogP) is 2.16. The summed E-state index contributed by atoms with van der Waals surface area (Å²) in [5, 5.41) is 16.6. The van der Waals surface area contributed by atoms with E-state index in [1.54, 1.807) is 12.1 Å². The lowest BCUT2D eigenvalue weighted by molar-refractivity contribution is 1.52. The predicted molar refractivity (Wildman–Crippen MR) is 43.7 cm³/mol. The van der Waals surface area contributed by atoms with Crippen LogP contribution in [0.5, 0.6) is 0 Å². The van der Waals surface area contributed by atoms with Gasteiger partial charge in [-0.1, -0.05) is 0 Å². The maximum atomic E-state index is 8.45. The summed E-state index contributed by atoms with van der Waals surface area (Å²) in [6.07, 6.45) is 3.08. The third-order valence-corrected chi connectivity index (χ3v) is 2.01. The van der Waals surface area contributed by atoms with Crippen LogP contribution >= 0.6 is 11.3 Å². The van der Waals surface area contributed by atoms with Gasteiger partial charge in [0.25, 0.3) is 0 Å². The molecule has 2 nitrogen and oxygen atoms in total. The van der Waals surface area contributed by atoms with Gasteiger partial charge in [0.1, 0.15) is 10.9 Å². The second-order valence-electron chi connectivity index (χ2n) is 1.78. The first-order valence-corrected chi connectivity index (χ1v) is 3.74. The fourth-order valence-electron chi connectivity index (χ4n) is 0.622. The van der Waals surface area contributed by atoms with Crippen LogP contribution in [0, 0.1) is 22.7 Å². The van der Waals surface area contributed by atoms with E-state index in [4.69, 9.17) is 10.5 Å². The van der Waals surface area contributed by atoms with E-state index >= 15 is 0 Å². The average Bonchev–Trinajstić information content (AvgIpc) is 2.48. The topological polar surface area (TPSA) is 47.6 Å². The Morgan fingerprint density at radius 2 is 2.18 bits per heavy atom. The van der Waals surface area contributed by atoms with Gasteiger partial charge in [-0.3, -0.25) is 0 Å². The molecule has 0 fully saturated rings. The highest BCUT2D eigenvalue weighted by Crippen LogP contribution is 2.16. The largest absolute Gasteiger partial charge is 0.193 e. The van der Waals surface area contributed by atoms with Crippen LogP contribution in [0.3, 0.4) is 0 Å². The molecule has 52 valence electrons. The molecule has 0 aliphatic rings. The lowest BCUT2D eigenvalue weighted by atomic mass is 10.4. The normalized spacial score (nSPS) is 9.27. The van der Waals surface area contributed by atoms with Crippen LogP contribution in [0.4, 0.5) is 0 Å². The van der Waals surface area contributed by atoms with E-state index in [1.165, 1.54) is 17.4 Å². The third-order valence-electron chi connectivity index (χ3n) is 1.06. The van der Waals surface area contributed by atoms with Gasteiger partial charge in [0.05, 0.1) is 6.07 Å². The third kappa shape index (κ3) is 1.93. The zero-order chi connectivity index (χ0) is 8.10. The summed E-state index contributed by atoms with van der Waals surface area (Å²) in [6, 6.07) is 7.47. The fraction of sp³-hybridized carbons (Fsp3) is 0. The van der Waals surface area contributed by atoms with Crippen molar-refractivity contribution in [2.45, 2.75) is 0 Å². The Balaban J connectivity index is 2.85. The number of thiophene rings is 1. The molecule has 3 heteroatoms. The summed E-state index contributed by atoms with van der Waals surface area (Å²) < 4.78 is 0. The second-order valence-corrected chi connectivity index (χ2v) is 2.89. The number of nitrogens with zero attached hydrogens (tertiary/aromatic N) is 2. The van der Waals surface area contributed by atoms with Gasteiger partial charge in [-0.15, -0.1) is 11.3 Å². The van der Waals surface area contributed by atoms with E-state index in [0.29, 0.717) is 4.88 Å². The van der Waals surface area contributed by atoms with Crippen LogP contribution in [0.2, 0.25) is 0 Å². The maximum absolute atomic E-state index is 8.45. The average molecular weight is 160 g/mol. The van der Waals surface area contributed by atoms with Gasteiger partial charge in [0, 0.05) is 11.0 Å². The van der Waals surface area contributed by atoms with Crippen molar-refractivity contribution in [2.75, 3.05) is 0 Å². The highest BCUT2D eigenvalue weighted by Gasteiger charge is 1.93. The van der Waals surface area contributed by atoms with Crippen molar-refractivity contribution in [3.63, 3.8) is 0 Å². The molecular formula is C8H4N2S. The first-order valence-electron chi connectivity index (χ1n) is 2.93. The van der Waals surface area contributed by atoms with Gasteiger partial charge in [-0.25, -0.2) is 0 Å². The van der Waals surface area contributed by atoms with E-state index in [2.05, 4.69) is 0 Å². The smallest absolute Gasteiger partial charge is 0.110 e. The van der Waals surface area contributed by atoms with Crippen LogP contribution in [0.1, 0.15) is 9.75 Å². The van der Waals surface area contributed by atoms with Gasteiger partial charge in [-0.2, -0.15) is 10.5 Å². The van der Waals surface area contributed by atoms with Gasteiger partial charge in [0.15, 0.2) is 0 Å². The molecule has 0 saturated carbocycles. The number of hydrogen-bond donors (Lipinski definition) is 0. The van der Waals surface area contributed by atoms with Crippen LogP contribution in [-0.2, 0) is 0 Å². The highest BCUT2D eigenvalue weighted by molar-refractivity contribution is 7.13. The van der Waals surface area contributed by atoms with Crippen molar-refractivity contribution in [1.29, 1.82) is 10.5 Å². The number of hydrogen-bond acceptors (Lipinski definition) is 3. The van der Waals surface area contributed by atoms with Crippen molar-refractivity contribution >= 4 is 17.4 Å². The molecule has 0 aliphatic carbocycles. The quantitative estimate of drug-likeness (QED) is 0.591. The summed E-state index contributed by atoms with van der Waals surface area (Å²) >= 11 is 1.37. The van der Waals surface area contributed by atoms with Crippen LogP contribution in [0.25, 0.3) is 6.08 Å². The maximum Gasteiger partial charge on any atom is 0.110 e. The Bertz CT molecular complexity index is 349. The molecule has 11 heavy (non-hydrogen) atoms. The van der Waals surface area contributed by atoms with Crippen molar-refractivity contribution in [3.05, 3.63) is 28.0 Å². The summed E-state index contributed by atoms with van der Waals surface area (Å²) in [5.74, 6) is 0. The minimum atomic E-state index is 0.669. The lowest BCUT2D eigenvalue weighted by Gasteiger charge is -1.75. The second kappa shape index (κ2) is 3.55. The number of nitriles is 2. The Morgan fingerprint density at radius 3 is 2.73 bits per heavy atom. The van der Waals surface area contributed by atoms with Gasteiger partial charge in [0.2, 0.25) is 0 Å². The van der Waals surface area contributed by atoms with Crippen molar-refractivity contribution < 1.29 is 0 Å². The first kappa shape index (κ1) is 7.53. The van der Waals surface area contributed by atoms with Crippen LogP contribution in [0.15, 0.2) is 18.2 Å². The van der Waals surface area contributed by atoms with Crippen molar-refractivity contribution in [3.8, 4) is 12.1 Å². The van der Waals surface area contributed by atoms with Crippen LogP contribution in [-0.4, -0.2) is 0 Å². The number of rotatable bonds is 1. The fourth-order valence-corrected chi connectivity index (χ4v) is 1.33. The molecule has 0 radical (unpaired) electrons. The zero-order valence-corrected chi connectivity index (χ0v) is 6.43. The Hall–Kier alpha value is -1.58. The summed E-state index contributed by atoms with van der Waals surface area (Å²) in [7, 11) is 0. The highest BCUT2D eigenvalue weighted by atomic mass is 32.1. The summed E-state index contributed by atoms with van der Waals surface area (Å²) in [5.41, 5.74) is 0. The zero-order valence-electron chi connectivity index (χ0n) is 5.61. The molecule has 1 aromatic heterocycles. The molecule has 0 bridgehead atoms. The lowest BCUT2D eigenvalue weighted by Crippen LogP contribution is -1.53. The van der Waals surface area contributed by atoms with Gasteiger partial charge >= 0.3 is 0 Å². The van der Waals surface area contributed by atoms with E-state index in [-0.39, 0.29) is 0 Å². The SMILES string of the molecule is N#CC=Cc1ccc(C#N)s1. The van der Waals surface area contributed by atoms with Gasteiger partial charge in [-0.05, 0) is 18.2 Å². The minimum absolute atomic E-state index is 0.669. The molecule has 0 aliphatic heterocycles. The van der Waals surface area contributed by atoms with Crippen LogP contribution < -0.4 is 0 Å². The molecule has 1 heterocycles. The summed E-state index contributed by atoms with van der Waals surface area (Å²) in [4.78, 5) is 1.60. The molecule has 0 atom stereocenters. The molecule has 1 rings (SSSR count). The van der Waals surface area contributed by atoms with E-state index < -0.39 is 0 Å². The molecule has 0 aromatic carbocycles. The minimum Gasteiger partial charge on any atom is -0.193 e. The standard InChI is InChI=1S/C8H4N2S/c9-5-1-2-7-3-4-8(6-10)11-7/h1-4H. The van der Waals surface area contributed by atoms with E-state index in [0.717, 1.165) is 4.88 Å². The first-order chi connectivity index (χ1) is 5.36. The molecule has 0 unspecified atom stereocenters. The molecule has 1 aromatic rings. The molecule has 0 spiro atoms. The Labute approximate surface area is 68.6 Å². The monoisotopic (exact) mass is 160 g/mol. The van der Waals surface area contributed by atoms with E-state index in [1.807, 2.05) is 18.2 Å². The van der Waals surface area contributed by atoms with Gasteiger partial charge < -0.3 is 0 Å². The molecule has 0 saturated heterocycles. The Kier molecular flexibility index (Phi) is 2.43. The van der Waals surface area contributed by atoms with Crippen molar-refractivity contribution in [2.24, 2.45) is 0 Å². The summed E-state index contributed by atoms with van der Waals surface area (Å²) in [6.45, 7) is 0. The van der Waals surface area contributed by atoms with E-state index in [9.17, 15) is 0 Å². The molecule has 0 amide bonds.